The van der Waals surface area contributed by atoms with Crippen LogP contribution >= 0.6 is 15.9 Å². The zero-order chi connectivity index (χ0) is 14.3. The average Bonchev–Trinajstić information content (AvgIpc) is 2.95. The van der Waals surface area contributed by atoms with E-state index in [1.54, 1.807) is 18.3 Å². The third kappa shape index (κ3) is 2.18. The molecule has 0 saturated carbocycles. The van der Waals surface area contributed by atoms with Gasteiger partial charge in [0.25, 0.3) is 10.0 Å². The van der Waals surface area contributed by atoms with Crippen molar-refractivity contribution in [1.82, 2.24) is 20.0 Å². The summed E-state index contributed by atoms with van der Waals surface area (Å²) < 4.78 is 28.5. The number of aromatic nitrogens is 4. The van der Waals surface area contributed by atoms with Gasteiger partial charge in [0, 0.05) is 29.8 Å². The topological polar surface area (TPSA) is 92.7 Å². The number of sulfonamides is 1. The van der Waals surface area contributed by atoms with Crippen LogP contribution in [0.2, 0.25) is 0 Å². The van der Waals surface area contributed by atoms with Crippen LogP contribution in [0.5, 0.6) is 0 Å². The standard InChI is InChI=1S/C11H10BrN5O2S/c1-17-11(10(12)14-16-17)20(18,19)15-8-2-3-9-7(6-8)4-5-13-9/h2-6,13,15H,1H3. The fourth-order valence-corrected chi connectivity index (χ4v) is 4.08. The van der Waals surface area contributed by atoms with Crippen molar-refractivity contribution in [3.8, 4) is 0 Å². The molecule has 0 unspecified atom stereocenters. The van der Waals surface area contributed by atoms with E-state index in [9.17, 15) is 8.42 Å². The second-order valence-electron chi connectivity index (χ2n) is 4.19. The molecule has 0 aliphatic carbocycles. The normalized spacial score (nSPS) is 11.9. The molecule has 0 fully saturated rings. The number of nitrogens with zero attached hydrogens (tertiary/aromatic N) is 3. The van der Waals surface area contributed by atoms with Gasteiger partial charge in [-0.3, -0.25) is 4.72 Å². The summed E-state index contributed by atoms with van der Waals surface area (Å²) in [6, 6.07) is 7.12. The molecule has 7 nitrogen and oxygen atoms in total. The van der Waals surface area contributed by atoms with E-state index in [0.717, 1.165) is 10.9 Å². The van der Waals surface area contributed by atoms with E-state index in [0.29, 0.717) is 5.69 Å². The molecule has 0 radical (unpaired) electrons. The van der Waals surface area contributed by atoms with Gasteiger partial charge in [-0.15, -0.1) is 5.10 Å². The third-order valence-corrected chi connectivity index (χ3v) is 5.06. The van der Waals surface area contributed by atoms with Crippen LogP contribution in [-0.4, -0.2) is 28.4 Å². The number of aryl methyl sites for hydroxylation is 1. The lowest BCUT2D eigenvalue weighted by Crippen LogP contribution is -2.17. The number of anilines is 1. The highest BCUT2D eigenvalue weighted by Gasteiger charge is 2.24. The van der Waals surface area contributed by atoms with Gasteiger partial charge in [0.2, 0.25) is 5.03 Å². The molecule has 104 valence electrons. The van der Waals surface area contributed by atoms with Crippen molar-refractivity contribution >= 4 is 42.5 Å². The minimum atomic E-state index is -3.75. The first-order valence-corrected chi connectivity index (χ1v) is 7.90. The Morgan fingerprint density at radius 2 is 2.15 bits per heavy atom. The Labute approximate surface area is 123 Å². The highest BCUT2D eigenvalue weighted by atomic mass is 79.9. The van der Waals surface area contributed by atoms with Gasteiger partial charge in [-0.05, 0) is 40.2 Å². The lowest BCUT2D eigenvalue weighted by atomic mass is 10.2. The fraction of sp³-hybridized carbons (Fsp3) is 0.0909. The molecule has 2 heterocycles. The molecule has 0 aliphatic heterocycles. The van der Waals surface area contributed by atoms with Gasteiger partial charge in [0.1, 0.15) is 0 Å². The zero-order valence-corrected chi connectivity index (χ0v) is 12.7. The Kier molecular flexibility index (Phi) is 3.02. The first-order valence-electron chi connectivity index (χ1n) is 5.62. The molecule has 0 bridgehead atoms. The molecular formula is C11H10BrN5O2S. The molecule has 1 aromatic carbocycles. The van der Waals surface area contributed by atoms with Crippen LogP contribution in [0.15, 0.2) is 40.1 Å². The van der Waals surface area contributed by atoms with Gasteiger partial charge in [-0.2, -0.15) is 8.42 Å². The van der Waals surface area contributed by atoms with Gasteiger partial charge in [0.05, 0.1) is 0 Å². The van der Waals surface area contributed by atoms with Gasteiger partial charge in [-0.25, -0.2) is 4.68 Å². The number of nitrogens with one attached hydrogen (secondary N) is 2. The van der Waals surface area contributed by atoms with Crippen molar-refractivity contribution in [2.75, 3.05) is 4.72 Å². The number of rotatable bonds is 3. The van der Waals surface area contributed by atoms with E-state index in [2.05, 4.69) is 35.9 Å². The highest BCUT2D eigenvalue weighted by molar-refractivity contribution is 9.10. The predicted octanol–water partition coefficient (Wildman–Crippen LogP) is 1.86. The molecule has 2 aromatic heterocycles. The van der Waals surface area contributed by atoms with Crippen LogP contribution in [-0.2, 0) is 17.1 Å². The van der Waals surface area contributed by atoms with E-state index < -0.39 is 10.0 Å². The molecule has 20 heavy (non-hydrogen) atoms. The number of fused-ring (bicyclic) bond motifs is 1. The monoisotopic (exact) mass is 355 g/mol. The van der Waals surface area contributed by atoms with Crippen molar-refractivity contribution in [3.05, 3.63) is 35.1 Å². The fourth-order valence-electron chi connectivity index (χ4n) is 1.93. The van der Waals surface area contributed by atoms with Gasteiger partial charge >= 0.3 is 0 Å². The summed E-state index contributed by atoms with van der Waals surface area (Å²) in [5, 5.41) is 8.23. The Hall–Kier alpha value is -1.87. The van der Waals surface area contributed by atoms with E-state index in [1.165, 1.54) is 11.7 Å². The quantitative estimate of drug-likeness (QED) is 0.749. The summed E-state index contributed by atoms with van der Waals surface area (Å²) in [4.78, 5) is 3.05. The van der Waals surface area contributed by atoms with Crippen molar-refractivity contribution in [3.63, 3.8) is 0 Å². The van der Waals surface area contributed by atoms with Gasteiger partial charge < -0.3 is 4.98 Å². The Bertz CT molecular complexity index is 864. The second-order valence-corrected chi connectivity index (χ2v) is 6.54. The largest absolute Gasteiger partial charge is 0.361 e. The van der Waals surface area contributed by atoms with Crippen molar-refractivity contribution in [2.45, 2.75) is 5.03 Å². The maximum absolute atomic E-state index is 12.3. The lowest BCUT2D eigenvalue weighted by molar-refractivity contribution is 0.578. The molecule has 0 aliphatic rings. The van der Waals surface area contributed by atoms with E-state index in [1.807, 2.05) is 12.1 Å². The number of benzene rings is 1. The number of hydrogen-bond donors (Lipinski definition) is 2. The Morgan fingerprint density at radius 1 is 1.35 bits per heavy atom. The third-order valence-electron chi connectivity index (χ3n) is 2.80. The minimum Gasteiger partial charge on any atom is -0.361 e. The van der Waals surface area contributed by atoms with Crippen LogP contribution in [0.1, 0.15) is 0 Å². The first kappa shape index (κ1) is 13.1. The molecule has 0 saturated heterocycles. The summed E-state index contributed by atoms with van der Waals surface area (Å²) in [5.41, 5.74) is 1.42. The van der Waals surface area contributed by atoms with Crippen LogP contribution in [0.3, 0.4) is 0 Å². The maximum atomic E-state index is 12.3. The predicted molar refractivity (Wildman–Crippen MR) is 77.8 cm³/mol. The van der Waals surface area contributed by atoms with Crippen molar-refractivity contribution < 1.29 is 8.42 Å². The molecular weight excluding hydrogens is 346 g/mol. The van der Waals surface area contributed by atoms with Crippen LogP contribution in [0, 0.1) is 0 Å². The van der Waals surface area contributed by atoms with Gasteiger partial charge in [-0.1, -0.05) is 5.21 Å². The molecule has 2 N–H and O–H groups in total. The summed E-state index contributed by atoms with van der Waals surface area (Å²) in [6.07, 6.45) is 1.80. The zero-order valence-electron chi connectivity index (χ0n) is 10.3. The number of aromatic amines is 1. The van der Waals surface area contributed by atoms with Crippen molar-refractivity contribution in [2.24, 2.45) is 7.05 Å². The SMILES string of the molecule is Cn1nnc(Br)c1S(=O)(=O)Nc1ccc2[nH]ccc2c1. The molecule has 3 aromatic rings. The first-order chi connectivity index (χ1) is 9.47. The average molecular weight is 356 g/mol. The number of hydrogen-bond acceptors (Lipinski definition) is 4. The second kappa shape index (κ2) is 4.60. The molecule has 9 heteroatoms. The van der Waals surface area contributed by atoms with E-state index in [-0.39, 0.29) is 9.63 Å². The smallest absolute Gasteiger partial charge is 0.281 e. The Morgan fingerprint density at radius 3 is 2.85 bits per heavy atom. The molecule has 0 atom stereocenters. The van der Waals surface area contributed by atoms with E-state index in [4.69, 9.17) is 0 Å². The Balaban J connectivity index is 2.01. The number of H-pyrrole nitrogens is 1. The summed E-state index contributed by atoms with van der Waals surface area (Å²) in [5.74, 6) is 0. The molecule has 0 amide bonds. The molecule has 0 spiro atoms. The van der Waals surface area contributed by atoms with Crippen molar-refractivity contribution in [1.29, 1.82) is 0 Å². The van der Waals surface area contributed by atoms with Crippen LogP contribution in [0.4, 0.5) is 5.69 Å². The summed E-state index contributed by atoms with van der Waals surface area (Å²) in [7, 11) is -2.24. The summed E-state index contributed by atoms with van der Waals surface area (Å²) in [6.45, 7) is 0. The lowest BCUT2D eigenvalue weighted by Gasteiger charge is -2.08. The van der Waals surface area contributed by atoms with E-state index >= 15 is 0 Å². The molecule has 3 rings (SSSR count). The summed E-state index contributed by atoms with van der Waals surface area (Å²) >= 11 is 3.08. The number of halogens is 1. The van der Waals surface area contributed by atoms with Gasteiger partial charge in [0.15, 0.2) is 4.60 Å². The van der Waals surface area contributed by atoms with Crippen LogP contribution in [0.25, 0.3) is 10.9 Å². The van der Waals surface area contributed by atoms with Crippen LogP contribution < -0.4 is 4.72 Å². The highest BCUT2D eigenvalue weighted by Crippen LogP contribution is 2.23. The maximum Gasteiger partial charge on any atom is 0.281 e. The minimum absolute atomic E-state index is 0.0216.